The SMILES string of the molecule is Cc1cccc(CNc2nc3c(-c4ccncn4)c(-c4cccc(C#N)c4)nc(N)n3n2)n1. The van der Waals surface area contributed by atoms with Crippen LogP contribution in [0.5, 0.6) is 0 Å². The van der Waals surface area contributed by atoms with Crippen LogP contribution >= 0.6 is 0 Å². The van der Waals surface area contributed by atoms with Crippen LogP contribution in [-0.4, -0.2) is 34.5 Å². The summed E-state index contributed by atoms with van der Waals surface area (Å²) in [5.41, 5.74) is 11.6. The number of nitrogens with one attached hydrogen (secondary N) is 1. The van der Waals surface area contributed by atoms with Gasteiger partial charge in [0.25, 0.3) is 0 Å². The molecule has 3 N–H and O–H groups in total. The number of aromatic nitrogens is 7. The molecule has 0 unspecified atom stereocenters. The number of nitrogens with zero attached hydrogens (tertiary/aromatic N) is 8. The van der Waals surface area contributed by atoms with E-state index in [1.54, 1.807) is 30.5 Å². The molecule has 1 aromatic carbocycles. The summed E-state index contributed by atoms with van der Waals surface area (Å²) in [6.07, 6.45) is 3.10. The first-order valence-corrected chi connectivity index (χ1v) is 10.1. The summed E-state index contributed by atoms with van der Waals surface area (Å²) in [6, 6.07) is 16.9. The highest BCUT2D eigenvalue weighted by Crippen LogP contribution is 2.34. The summed E-state index contributed by atoms with van der Waals surface area (Å²) >= 11 is 0. The van der Waals surface area contributed by atoms with E-state index in [2.05, 4.69) is 41.4 Å². The Bertz CT molecular complexity index is 1500. The van der Waals surface area contributed by atoms with E-state index in [-0.39, 0.29) is 5.95 Å². The maximum atomic E-state index is 9.34. The number of aryl methyl sites for hydroxylation is 1. The number of nitriles is 1. The fraction of sp³-hybridized carbons (Fsp3) is 0.0870. The molecule has 0 aliphatic rings. The number of benzene rings is 1. The molecule has 0 saturated heterocycles. The second-order valence-corrected chi connectivity index (χ2v) is 7.28. The van der Waals surface area contributed by atoms with E-state index < -0.39 is 0 Å². The van der Waals surface area contributed by atoms with Gasteiger partial charge in [0.1, 0.15) is 6.33 Å². The molecule has 0 aliphatic carbocycles. The van der Waals surface area contributed by atoms with Crippen LogP contribution in [-0.2, 0) is 6.54 Å². The normalized spacial score (nSPS) is 10.8. The first kappa shape index (κ1) is 20.0. The molecule has 0 atom stereocenters. The van der Waals surface area contributed by atoms with Crippen molar-refractivity contribution >= 4 is 17.5 Å². The first-order chi connectivity index (χ1) is 16.1. The molecule has 0 aliphatic heterocycles. The number of nitrogen functional groups attached to an aromatic ring is 1. The van der Waals surface area contributed by atoms with Crippen molar-refractivity contribution in [2.24, 2.45) is 0 Å². The Labute approximate surface area is 188 Å². The van der Waals surface area contributed by atoms with Gasteiger partial charge in [-0.05, 0) is 37.3 Å². The number of anilines is 2. The zero-order chi connectivity index (χ0) is 22.8. The van der Waals surface area contributed by atoms with Crippen molar-refractivity contribution in [1.29, 1.82) is 5.26 Å². The highest BCUT2D eigenvalue weighted by Gasteiger charge is 2.21. The summed E-state index contributed by atoms with van der Waals surface area (Å²) in [5, 5.41) is 17.0. The van der Waals surface area contributed by atoms with Gasteiger partial charge in [-0.25, -0.2) is 15.0 Å². The minimum absolute atomic E-state index is 0.161. The van der Waals surface area contributed by atoms with Gasteiger partial charge in [-0.15, -0.1) is 5.10 Å². The van der Waals surface area contributed by atoms with Gasteiger partial charge in [0.2, 0.25) is 11.9 Å². The van der Waals surface area contributed by atoms with E-state index >= 15 is 0 Å². The first-order valence-electron chi connectivity index (χ1n) is 10.1. The molecule has 0 amide bonds. The summed E-state index contributed by atoms with van der Waals surface area (Å²) in [4.78, 5) is 22.2. The predicted octanol–water partition coefficient (Wildman–Crippen LogP) is 3.02. The maximum absolute atomic E-state index is 9.34. The molecule has 5 aromatic rings. The van der Waals surface area contributed by atoms with E-state index in [4.69, 9.17) is 5.73 Å². The van der Waals surface area contributed by atoms with Gasteiger partial charge in [-0.1, -0.05) is 18.2 Å². The highest BCUT2D eigenvalue weighted by atomic mass is 15.4. The second kappa shape index (κ2) is 8.32. The van der Waals surface area contributed by atoms with E-state index in [1.165, 1.54) is 10.8 Å². The Kier molecular flexibility index (Phi) is 5.04. The third-order valence-electron chi connectivity index (χ3n) is 4.99. The van der Waals surface area contributed by atoms with Crippen LogP contribution in [0.25, 0.3) is 28.2 Å². The Balaban J connectivity index is 1.65. The van der Waals surface area contributed by atoms with Gasteiger partial charge in [-0.2, -0.15) is 14.8 Å². The lowest BCUT2D eigenvalue weighted by atomic mass is 10.0. The van der Waals surface area contributed by atoms with Crippen molar-refractivity contribution in [1.82, 2.24) is 34.5 Å². The van der Waals surface area contributed by atoms with Crippen molar-refractivity contribution < 1.29 is 0 Å². The Hall–Kier alpha value is -4.91. The van der Waals surface area contributed by atoms with E-state index in [9.17, 15) is 5.26 Å². The molecule has 0 saturated carbocycles. The number of hydrogen-bond acceptors (Lipinski definition) is 9. The van der Waals surface area contributed by atoms with Crippen molar-refractivity contribution in [2.75, 3.05) is 11.1 Å². The van der Waals surface area contributed by atoms with Gasteiger partial charge in [0, 0.05) is 17.5 Å². The molecule has 0 radical (unpaired) electrons. The lowest BCUT2D eigenvalue weighted by Gasteiger charge is -2.11. The van der Waals surface area contributed by atoms with Gasteiger partial charge >= 0.3 is 0 Å². The third-order valence-corrected chi connectivity index (χ3v) is 4.99. The summed E-state index contributed by atoms with van der Waals surface area (Å²) in [7, 11) is 0. The standard InChI is InChI=1S/C23H18N10/c1-14-4-2-7-17(29-14)12-27-23-31-21-19(18-8-9-26-13-28-18)20(30-22(25)33(21)32-23)16-6-3-5-15(10-16)11-24/h2-10,13H,12H2,1H3,(H2,25,30)(H,27,32). The largest absolute Gasteiger partial charge is 0.368 e. The topological polar surface area (TPSA) is 144 Å². The molecular formula is C23H18N10. The van der Waals surface area contributed by atoms with Crippen LogP contribution in [0.4, 0.5) is 11.9 Å². The lowest BCUT2D eigenvalue weighted by Crippen LogP contribution is -2.07. The second-order valence-electron chi connectivity index (χ2n) is 7.28. The Morgan fingerprint density at radius 3 is 2.76 bits per heavy atom. The van der Waals surface area contributed by atoms with Gasteiger partial charge in [0.15, 0.2) is 5.65 Å². The summed E-state index contributed by atoms with van der Waals surface area (Å²) in [6.45, 7) is 2.39. The molecule has 33 heavy (non-hydrogen) atoms. The zero-order valence-electron chi connectivity index (χ0n) is 17.6. The quantitative estimate of drug-likeness (QED) is 0.426. The van der Waals surface area contributed by atoms with Crippen LogP contribution in [0.15, 0.2) is 61.1 Å². The molecule has 160 valence electrons. The number of fused-ring (bicyclic) bond motifs is 1. The van der Waals surface area contributed by atoms with Crippen LogP contribution in [0.2, 0.25) is 0 Å². The molecule has 4 aromatic heterocycles. The highest BCUT2D eigenvalue weighted by molar-refractivity contribution is 5.89. The van der Waals surface area contributed by atoms with Crippen LogP contribution in [0.1, 0.15) is 17.0 Å². The Morgan fingerprint density at radius 1 is 1.09 bits per heavy atom. The van der Waals surface area contributed by atoms with Gasteiger partial charge in [0.05, 0.1) is 40.8 Å². The average molecular weight is 434 g/mol. The van der Waals surface area contributed by atoms with E-state index in [0.717, 1.165) is 17.0 Å². The van der Waals surface area contributed by atoms with Crippen LogP contribution < -0.4 is 11.1 Å². The molecular weight excluding hydrogens is 416 g/mol. The van der Waals surface area contributed by atoms with Crippen LogP contribution in [0.3, 0.4) is 0 Å². The fourth-order valence-corrected chi connectivity index (χ4v) is 3.52. The third kappa shape index (κ3) is 3.90. The van der Waals surface area contributed by atoms with Crippen molar-refractivity contribution in [3.63, 3.8) is 0 Å². The number of rotatable bonds is 5. The molecule has 0 fully saturated rings. The predicted molar refractivity (Wildman–Crippen MR) is 123 cm³/mol. The maximum Gasteiger partial charge on any atom is 0.243 e. The molecule has 5 rings (SSSR count). The zero-order valence-corrected chi connectivity index (χ0v) is 17.6. The van der Waals surface area contributed by atoms with E-state index in [0.29, 0.717) is 40.7 Å². The van der Waals surface area contributed by atoms with Crippen molar-refractivity contribution in [2.45, 2.75) is 13.5 Å². The minimum atomic E-state index is 0.161. The van der Waals surface area contributed by atoms with E-state index in [1.807, 2.05) is 31.2 Å². The smallest absolute Gasteiger partial charge is 0.243 e. The number of nitrogens with two attached hydrogens (primary N) is 1. The van der Waals surface area contributed by atoms with Gasteiger partial charge < -0.3 is 11.1 Å². The fourth-order valence-electron chi connectivity index (χ4n) is 3.52. The molecule has 0 bridgehead atoms. The summed E-state index contributed by atoms with van der Waals surface area (Å²) in [5.74, 6) is 0.541. The lowest BCUT2D eigenvalue weighted by molar-refractivity contribution is 0.925. The summed E-state index contributed by atoms with van der Waals surface area (Å²) < 4.78 is 1.47. The molecule has 10 nitrogen and oxygen atoms in total. The average Bonchev–Trinajstić information content (AvgIpc) is 3.28. The monoisotopic (exact) mass is 434 g/mol. The molecule has 10 heteroatoms. The molecule has 0 spiro atoms. The van der Waals surface area contributed by atoms with Crippen molar-refractivity contribution in [3.05, 3.63) is 78.0 Å². The minimum Gasteiger partial charge on any atom is -0.368 e. The number of hydrogen-bond donors (Lipinski definition) is 2. The number of pyridine rings is 1. The van der Waals surface area contributed by atoms with Gasteiger partial charge in [-0.3, -0.25) is 4.98 Å². The Morgan fingerprint density at radius 2 is 1.97 bits per heavy atom. The van der Waals surface area contributed by atoms with Crippen LogP contribution in [0, 0.1) is 18.3 Å². The van der Waals surface area contributed by atoms with Crippen molar-refractivity contribution in [3.8, 4) is 28.6 Å². The molecule has 4 heterocycles.